The SMILES string of the molecule is CO/N=C(\C(=O)OC)c1ccccc1Oc1ncnc(Oc2ccccc2Cl)c1F. The van der Waals surface area contributed by atoms with Crippen LogP contribution in [0.15, 0.2) is 60.0 Å². The van der Waals surface area contributed by atoms with Crippen molar-refractivity contribution in [3.05, 3.63) is 71.3 Å². The van der Waals surface area contributed by atoms with Crippen LogP contribution in [0.2, 0.25) is 5.02 Å². The molecule has 3 aromatic rings. The monoisotopic (exact) mass is 431 g/mol. The molecule has 0 amide bonds. The van der Waals surface area contributed by atoms with Crippen LogP contribution in [0.3, 0.4) is 0 Å². The zero-order valence-corrected chi connectivity index (χ0v) is 16.6. The Morgan fingerprint density at radius 3 is 2.20 bits per heavy atom. The Labute approximate surface area is 175 Å². The van der Waals surface area contributed by atoms with Gasteiger partial charge < -0.3 is 19.0 Å². The van der Waals surface area contributed by atoms with Crippen LogP contribution in [-0.4, -0.2) is 35.9 Å². The van der Waals surface area contributed by atoms with E-state index in [2.05, 4.69) is 15.1 Å². The van der Waals surface area contributed by atoms with E-state index in [1.165, 1.54) is 26.4 Å². The third-order valence-corrected chi connectivity index (χ3v) is 3.99. The Bertz CT molecular complexity index is 1090. The number of hydrogen-bond acceptors (Lipinski definition) is 8. The number of esters is 1. The maximum atomic E-state index is 14.9. The molecule has 1 heterocycles. The maximum Gasteiger partial charge on any atom is 0.360 e. The third-order valence-electron chi connectivity index (χ3n) is 3.68. The zero-order valence-electron chi connectivity index (χ0n) is 15.8. The van der Waals surface area contributed by atoms with E-state index in [9.17, 15) is 9.18 Å². The van der Waals surface area contributed by atoms with E-state index in [0.717, 1.165) is 6.33 Å². The number of rotatable bonds is 7. The third kappa shape index (κ3) is 4.64. The molecule has 0 saturated heterocycles. The van der Waals surface area contributed by atoms with Crippen LogP contribution < -0.4 is 9.47 Å². The van der Waals surface area contributed by atoms with Crippen molar-refractivity contribution in [3.8, 4) is 23.3 Å². The predicted molar refractivity (Wildman–Crippen MR) is 106 cm³/mol. The van der Waals surface area contributed by atoms with Gasteiger partial charge in [0.2, 0.25) is 5.82 Å². The molecule has 0 fully saturated rings. The van der Waals surface area contributed by atoms with Gasteiger partial charge in [0.05, 0.1) is 17.7 Å². The first-order chi connectivity index (χ1) is 14.5. The Morgan fingerprint density at radius 1 is 0.967 bits per heavy atom. The lowest BCUT2D eigenvalue weighted by Gasteiger charge is -2.12. The number of hydrogen-bond donors (Lipinski definition) is 0. The molecule has 3 rings (SSSR count). The average Bonchev–Trinajstić information content (AvgIpc) is 2.76. The van der Waals surface area contributed by atoms with Crippen LogP contribution in [0.4, 0.5) is 4.39 Å². The first-order valence-corrected chi connectivity index (χ1v) is 8.82. The maximum absolute atomic E-state index is 14.9. The number of ether oxygens (including phenoxy) is 3. The number of aromatic nitrogens is 2. The summed E-state index contributed by atoms with van der Waals surface area (Å²) in [4.78, 5) is 24.3. The van der Waals surface area contributed by atoms with Gasteiger partial charge in [-0.1, -0.05) is 41.0 Å². The summed E-state index contributed by atoms with van der Waals surface area (Å²) in [7, 11) is 2.47. The molecule has 30 heavy (non-hydrogen) atoms. The van der Waals surface area contributed by atoms with Crippen LogP contribution in [-0.2, 0) is 14.4 Å². The molecule has 0 atom stereocenters. The number of halogens is 2. The first-order valence-electron chi connectivity index (χ1n) is 8.44. The van der Waals surface area contributed by atoms with Crippen molar-refractivity contribution < 1.29 is 28.2 Å². The molecule has 0 saturated carbocycles. The molecule has 0 N–H and O–H groups in total. The number of para-hydroxylation sites is 2. The minimum Gasteiger partial charge on any atom is -0.464 e. The highest BCUT2D eigenvalue weighted by atomic mass is 35.5. The van der Waals surface area contributed by atoms with Gasteiger partial charge in [-0.15, -0.1) is 0 Å². The molecule has 8 nitrogen and oxygen atoms in total. The van der Waals surface area contributed by atoms with E-state index in [1.54, 1.807) is 36.4 Å². The van der Waals surface area contributed by atoms with Crippen LogP contribution >= 0.6 is 11.6 Å². The standard InChI is InChI=1S/C20H15ClFN3O5/c1-27-20(26)17(25-28-2)12-7-3-5-9-14(12)29-18-16(22)19(24-11-23-18)30-15-10-6-4-8-13(15)21/h3-11H,1-2H3/b25-17-. The molecule has 10 heteroatoms. The molecule has 0 aliphatic rings. The summed E-state index contributed by atoms with van der Waals surface area (Å²) < 4.78 is 30.6. The fourth-order valence-corrected chi connectivity index (χ4v) is 2.53. The Kier molecular flexibility index (Phi) is 6.76. The van der Waals surface area contributed by atoms with E-state index in [0.29, 0.717) is 0 Å². The summed E-state index contributed by atoms with van der Waals surface area (Å²) in [6.45, 7) is 0. The number of oxime groups is 1. The molecule has 0 unspecified atom stereocenters. The van der Waals surface area contributed by atoms with Crippen molar-refractivity contribution in [3.63, 3.8) is 0 Å². The van der Waals surface area contributed by atoms with Gasteiger partial charge in [-0.05, 0) is 24.3 Å². The minimum absolute atomic E-state index is 0.0833. The fourth-order valence-electron chi connectivity index (χ4n) is 2.35. The summed E-state index contributed by atoms with van der Waals surface area (Å²) in [5, 5.41) is 3.95. The summed E-state index contributed by atoms with van der Waals surface area (Å²) in [5.41, 5.74) is 0.0374. The molecule has 2 aromatic carbocycles. The lowest BCUT2D eigenvalue weighted by molar-refractivity contribution is -0.132. The fraction of sp³-hybridized carbons (Fsp3) is 0.100. The minimum atomic E-state index is -0.962. The lowest BCUT2D eigenvalue weighted by Crippen LogP contribution is -2.18. The van der Waals surface area contributed by atoms with Crippen molar-refractivity contribution >= 4 is 23.3 Å². The number of carbonyl (C=O) groups is 1. The molecule has 0 spiro atoms. The van der Waals surface area contributed by atoms with E-state index in [-0.39, 0.29) is 33.7 Å². The van der Waals surface area contributed by atoms with E-state index in [1.807, 2.05) is 0 Å². The summed E-state index contributed by atoms with van der Waals surface area (Å²) in [6, 6.07) is 12.8. The van der Waals surface area contributed by atoms with Crippen molar-refractivity contribution in [1.29, 1.82) is 0 Å². The predicted octanol–water partition coefficient (Wildman–Crippen LogP) is 4.38. The van der Waals surface area contributed by atoms with E-state index < -0.39 is 17.7 Å². The molecular weight excluding hydrogens is 417 g/mol. The molecule has 0 bridgehead atoms. The second-order valence-electron chi connectivity index (χ2n) is 5.54. The van der Waals surface area contributed by atoms with Gasteiger partial charge in [0.1, 0.15) is 24.9 Å². The number of methoxy groups -OCH3 is 1. The zero-order chi connectivity index (χ0) is 21.5. The summed E-state index contributed by atoms with van der Waals surface area (Å²) >= 11 is 6.03. The Hall–Kier alpha value is -3.72. The van der Waals surface area contributed by atoms with Crippen molar-refractivity contribution in [2.45, 2.75) is 0 Å². The lowest BCUT2D eigenvalue weighted by atomic mass is 10.1. The highest BCUT2D eigenvalue weighted by Crippen LogP contribution is 2.33. The van der Waals surface area contributed by atoms with Crippen LogP contribution in [0.5, 0.6) is 23.3 Å². The van der Waals surface area contributed by atoms with Gasteiger partial charge in [-0.25, -0.2) is 4.79 Å². The second kappa shape index (κ2) is 9.66. The quantitative estimate of drug-likeness (QED) is 0.311. The van der Waals surface area contributed by atoms with Gasteiger partial charge in [-0.3, -0.25) is 0 Å². The molecule has 0 aliphatic heterocycles. The van der Waals surface area contributed by atoms with Crippen molar-refractivity contribution in [2.75, 3.05) is 14.2 Å². The molecule has 0 aliphatic carbocycles. The van der Waals surface area contributed by atoms with Gasteiger partial charge >= 0.3 is 5.97 Å². The van der Waals surface area contributed by atoms with Crippen molar-refractivity contribution in [2.24, 2.45) is 5.16 Å². The van der Waals surface area contributed by atoms with Crippen LogP contribution in [0.1, 0.15) is 5.56 Å². The topological polar surface area (TPSA) is 92.1 Å². The first kappa shape index (κ1) is 21.0. The Balaban J connectivity index is 1.96. The van der Waals surface area contributed by atoms with Gasteiger partial charge in [0.25, 0.3) is 11.8 Å². The molecule has 0 radical (unpaired) electrons. The van der Waals surface area contributed by atoms with Crippen LogP contribution in [0.25, 0.3) is 0 Å². The number of nitrogens with zero attached hydrogens (tertiary/aromatic N) is 3. The van der Waals surface area contributed by atoms with Crippen LogP contribution in [0, 0.1) is 5.82 Å². The van der Waals surface area contributed by atoms with Gasteiger partial charge in [-0.2, -0.15) is 14.4 Å². The Morgan fingerprint density at radius 2 is 1.57 bits per heavy atom. The van der Waals surface area contributed by atoms with Crippen molar-refractivity contribution in [1.82, 2.24) is 9.97 Å². The van der Waals surface area contributed by atoms with Gasteiger partial charge in [0, 0.05) is 0 Å². The smallest absolute Gasteiger partial charge is 0.360 e. The normalized spacial score (nSPS) is 11.0. The number of carbonyl (C=O) groups excluding carboxylic acids is 1. The average molecular weight is 432 g/mol. The second-order valence-corrected chi connectivity index (χ2v) is 5.95. The van der Waals surface area contributed by atoms with E-state index in [4.69, 9.17) is 30.6 Å². The highest BCUT2D eigenvalue weighted by molar-refractivity contribution is 6.43. The largest absolute Gasteiger partial charge is 0.464 e. The molecule has 154 valence electrons. The molecular formula is C20H15ClFN3O5. The number of benzene rings is 2. The summed E-state index contributed by atoms with van der Waals surface area (Å²) in [6.07, 6.45) is 1.07. The van der Waals surface area contributed by atoms with Gasteiger partial charge in [0.15, 0.2) is 5.71 Å². The molecule has 1 aromatic heterocycles. The summed E-state index contributed by atoms with van der Waals surface area (Å²) in [5.74, 6) is -2.25. The highest BCUT2D eigenvalue weighted by Gasteiger charge is 2.23. The van der Waals surface area contributed by atoms with E-state index >= 15 is 0 Å².